The Bertz CT molecular complexity index is 851. The van der Waals surface area contributed by atoms with Gasteiger partial charge in [-0.15, -0.1) is 24.8 Å². The van der Waals surface area contributed by atoms with E-state index in [0.29, 0.717) is 0 Å². The second-order valence-electron chi connectivity index (χ2n) is 8.39. The maximum atomic E-state index is 3.78. The number of rotatable bonds is 6. The Kier molecular flexibility index (Phi) is 9.96. The molecule has 0 saturated heterocycles. The van der Waals surface area contributed by atoms with Crippen molar-refractivity contribution in [2.75, 3.05) is 20.6 Å². The Morgan fingerprint density at radius 1 is 1.04 bits per heavy atom. The van der Waals surface area contributed by atoms with Crippen LogP contribution in [0.5, 0.6) is 0 Å². The molecule has 0 radical (unpaired) electrons. The number of halogens is 2. The summed E-state index contributed by atoms with van der Waals surface area (Å²) in [5.74, 6) is 0. The van der Waals surface area contributed by atoms with Gasteiger partial charge in [-0.2, -0.15) is 0 Å². The zero-order valence-corrected chi connectivity index (χ0v) is 20.7. The van der Waals surface area contributed by atoms with Crippen LogP contribution < -0.4 is 3.80 Å². The summed E-state index contributed by atoms with van der Waals surface area (Å²) in [6, 6.07) is 13.5. The van der Waals surface area contributed by atoms with Crippen LogP contribution in [0.3, 0.4) is 0 Å². The van der Waals surface area contributed by atoms with E-state index in [1.54, 1.807) is 0 Å². The minimum atomic E-state index is -0.234. The van der Waals surface area contributed by atoms with Gasteiger partial charge in [-0.3, -0.25) is 0 Å². The van der Waals surface area contributed by atoms with Crippen LogP contribution in [0.2, 0.25) is 0 Å². The van der Waals surface area contributed by atoms with Gasteiger partial charge in [-0.05, 0) is 0 Å². The average molecular weight is 455 g/mol. The van der Waals surface area contributed by atoms with Crippen LogP contribution in [0.25, 0.3) is 16.3 Å². The second kappa shape index (κ2) is 11.0. The molecule has 0 amide bonds. The van der Waals surface area contributed by atoms with E-state index >= 15 is 0 Å². The Morgan fingerprint density at radius 2 is 1.75 bits per heavy atom. The van der Waals surface area contributed by atoms with Gasteiger partial charge in [0.2, 0.25) is 0 Å². The van der Waals surface area contributed by atoms with Crippen LogP contribution in [-0.2, 0) is 24.1 Å². The monoisotopic (exact) mass is 454 g/mol. The smallest absolute Gasteiger partial charge is 0.147 e. The van der Waals surface area contributed by atoms with E-state index in [4.69, 9.17) is 0 Å². The molecule has 1 aliphatic rings. The van der Waals surface area contributed by atoms with Crippen LogP contribution >= 0.6 is 24.8 Å². The zero-order valence-electron chi connectivity index (χ0n) is 17.5. The molecular weight excluding hydrogens is 423 g/mol. The largest absolute Gasteiger partial charge is 0.147 e. The molecular formula is C23H32Cl2N2Ti. The predicted octanol–water partition coefficient (Wildman–Crippen LogP) is 5.84. The Hall–Kier alpha value is -0.606. The molecule has 2 aromatic rings. The van der Waals surface area contributed by atoms with Crippen molar-refractivity contribution in [1.82, 2.24) is 8.70 Å². The van der Waals surface area contributed by atoms with Gasteiger partial charge >= 0.3 is 168 Å². The molecule has 0 saturated carbocycles. The van der Waals surface area contributed by atoms with E-state index in [9.17, 15) is 0 Å². The van der Waals surface area contributed by atoms with E-state index in [2.05, 4.69) is 92.1 Å². The molecule has 0 unspecified atom stereocenters. The second-order valence-corrected chi connectivity index (χ2v) is 9.88. The van der Waals surface area contributed by atoms with E-state index in [0.717, 1.165) is 13.0 Å². The van der Waals surface area contributed by atoms with Crippen LogP contribution in [0.15, 0.2) is 54.1 Å². The number of benzene rings is 2. The van der Waals surface area contributed by atoms with Crippen molar-refractivity contribution in [2.24, 2.45) is 0 Å². The van der Waals surface area contributed by atoms with E-state index in [-0.39, 0.29) is 49.8 Å². The number of likely N-dealkylation sites (N-methyl/N-ethyl adjacent to an activating group) is 1. The fourth-order valence-electron chi connectivity index (χ4n) is 3.53. The van der Waals surface area contributed by atoms with Crippen molar-refractivity contribution >= 4 is 41.2 Å². The SMILES string of the molecule is CN(C)CC1=C(c2ccc3ccccc3c2[CH2][Ti][NH]C(C)(C)C)CC=C1.Cl.Cl. The van der Waals surface area contributed by atoms with Crippen molar-refractivity contribution in [3.63, 3.8) is 0 Å². The third kappa shape index (κ3) is 6.45. The first-order chi connectivity index (χ1) is 12.3. The van der Waals surface area contributed by atoms with Gasteiger partial charge in [0.15, 0.2) is 0 Å². The molecule has 2 nitrogen and oxygen atoms in total. The number of nitrogens with zero attached hydrogens (tertiary/aromatic N) is 1. The molecule has 0 aromatic heterocycles. The molecule has 0 spiro atoms. The topological polar surface area (TPSA) is 15.3 Å². The molecule has 0 aliphatic heterocycles. The summed E-state index contributed by atoms with van der Waals surface area (Å²) in [5.41, 5.74) is 6.19. The zero-order chi connectivity index (χ0) is 18.7. The number of nitrogens with one attached hydrogen (secondary N) is 1. The molecule has 1 N–H and O–H groups in total. The molecule has 3 rings (SSSR count). The van der Waals surface area contributed by atoms with Crippen LogP contribution in [-0.4, -0.2) is 31.1 Å². The molecule has 2 aromatic carbocycles. The molecule has 28 heavy (non-hydrogen) atoms. The maximum Gasteiger partial charge on any atom is -0.147 e. The summed E-state index contributed by atoms with van der Waals surface area (Å²) in [6.45, 7) is 7.80. The van der Waals surface area contributed by atoms with Crippen molar-refractivity contribution in [2.45, 2.75) is 37.5 Å². The third-order valence-corrected chi connectivity index (χ3v) is 6.88. The summed E-state index contributed by atoms with van der Waals surface area (Å²) >= 11 is -0.234. The van der Waals surface area contributed by atoms with E-state index in [1.165, 1.54) is 37.8 Å². The molecule has 0 bridgehead atoms. The van der Waals surface area contributed by atoms with E-state index in [1.807, 2.05) is 0 Å². The van der Waals surface area contributed by atoms with Gasteiger partial charge in [0, 0.05) is 0 Å². The maximum absolute atomic E-state index is 3.78. The average Bonchev–Trinajstić information content (AvgIpc) is 3.01. The first-order valence-electron chi connectivity index (χ1n) is 9.39. The Balaban J connectivity index is 0.00000196. The van der Waals surface area contributed by atoms with Crippen molar-refractivity contribution in [3.8, 4) is 0 Å². The van der Waals surface area contributed by atoms with Crippen molar-refractivity contribution in [3.05, 3.63) is 65.3 Å². The summed E-state index contributed by atoms with van der Waals surface area (Å²) in [7, 11) is 4.30. The molecule has 5 heteroatoms. The minimum Gasteiger partial charge on any atom is -0.147 e. The number of hydrogen-bond acceptors (Lipinski definition) is 2. The van der Waals surface area contributed by atoms with Gasteiger partial charge in [0.25, 0.3) is 0 Å². The predicted molar refractivity (Wildman–Crippen MR) is 124 cm³/mol. The quantitative estimate of drug-likeness (QED) is 0.551. The van der Waals surface area contributed by atoms with Gasteiger partial charge in [0.05, 0.1) is 0 Å². The first-order valence-corrected chi connectivity index (χ1v) is 11.3. The third-order valence-electron chi connectivity index (χ3n) is 4.61. The number of fused-ring (bicyclic) bond motifs is 1. The van der Waals surface area contributed by atoms with Gasteiger partial charge < -0.3 is 0 Å². The molecule has 0 fully saturated rings. The Morgan fingerprint density at radius 3 is 2.43 bits per heavy atom. The van der Waals surface area contributed by atoms with Crippen molar-refractivity contribution in [1.29, 1.82) is 0 Å². The Labute approximate surface area is 191 Å². The summed E-state index contributed by atoms with van der Waals surface area (Å²) in [4.78, 5) is 2.26. The van der Waals surface area contributed by atoms with Crippen molar-refractivity contribution < 1.29 is 19.4 Å². The fourth-order valence-corrected chi connectivity index (χ4v) is 5.37. The fraction of sp³-hybridized carbons (Fsp3) is 0.391. The minimum absolute atomic E-state index is 0. The number of hydrogen-bond donors (Lipinski definition) is 1. The summed E-state index contributed by atoms with van der Waals surface area (Å²) in [5, 5.41) is 2.78. The molecule has 0 heterocycles. The molecule has 1 aliphatic carbocycles. The molecule has 0 atom stereocenters. The van der Waals surface area contributed by atoms with E-state index < -0.39 is 0 Å². The van der Waals surface area contributed by atoms with Crippen LogP contribution in [0.1, 0.15) is 38.3 Å². The summed E-state index contributed by atoms with van der Waals surface area (Å²) < 4.78 is 4.95. The number of allylic oxidation sites excluding steroid dienone is 2. The van der Waals surface area contributed by atoms with Crippen LogP contribution in [0, 0.1) is 0 Å². The van der Waals surface area contributed by atoms with Crippen LogP contribution in [0.4, 0.5) is 0 Å². The van der Waals surface area contributed by atoms with Gasteiger partial charge in [-0.1, -0.05) is 0 Å². The molecule has 152 valence electrons. The first kappa shape index (κ1) is 25.4. The normalized spacial score (nSPS) is 13.6. The standard InChI is InChI=1S/C19H20N.C4H10N.2ClH.Ti/c1-14-17-9-5-4-7-15(17)11-12-18(14)19-10-6-8-16(19)13-20(2)3;1-4(2,3)5;;;/h4-9,11-12H,1,10,13H2,2-3H3;5H,1-3H3;2*1H;/q;-1;;;+1. The summed E-state index contributed by atoms with van der Waals surface area (Å²) in [6.07, 6.45) is 5.69. The van der Waals surface area contributed by atoms with Gasteiger partial charge in [0.1, 0.15) is 0 Å². The van der Waals surface area contributed by atoms with Gasteiger partial charge in [-0.25, -0.2) is 0 Å².